The van der Waals surface area contributed by atoms with Crippen molar-refractivity contribution in [1.82, 2.24) is 5.32 Å². The fourth-order valence-electron chi connectivity index (χ4n) is 2.04. The van der Waals surface area contributed by atoms with Crippen molar-refractivity contribution in [2.24, 2.45) is 5.41 Å². The lowest BCUT2D eigenvalue weighted by Crippen LogP contribution is -2.41. The van der Waals surface area contributed by atoms with Gasteiger partial charge in [-0.05, 0) is 31.4 Å². The van der Waals surface area contributed by atoms with Gasteiger partial charge in [-0.1, -0.05) is 43.7 Å². The van der Waals surface area contributed by atoms with Crippen molar-refractivity contribution in [3.63, 3.8) is 0 Å². The number of benzene rings is 1. The van der Waals surface area contributed by atoms with Crippen molar-refractivity contribution in [3.8, 4) is 0 Å². The minimum Gasteiger partial charge on any atom is -0.481 e. The highest BCUT2D eigenvalue weighted by Gasteiger charge is 2.34. The van der Waals surface area contributed by atoms with Crippen molar-refractivity contribution in [2.45, 2.75) is 33.6 Å². The highest BCUT2D eigenvalue weighted by Crippen LogP contribution is 2.25. The SMILES string of the molecule is CCC(CC)(CNC(=O)/C=C/c1ccc(C)cc1)C(=O)O. The standard InChI is InChI=1S/C17H23NO3/c1-4-17(5-2,16(20)21)12-18-15(19)11-10-14-8-6-13(3)7-9-14/h6-11H,4-5,12H2,1-3H3,(H,18,19)(H,20,21)/b11-10+. The predicted octanol–water partition coefficient (Wildman–Crippen LogP) is 3.02. The van der Waals surface area contributed by atoms with Crippen LogP contribution in [0.3, 0.4) is 0 Å². The molecular formula is C17H23NO3. The molecule has 114 valence electrons. The molecule has 0 heterocycles. The van der Waals surface area contributed by atoms with E-state index in [1.54, 1.807) is 6.08 Å². The molecule has 1 rings (SSSR count). The van der Waals surface area contributed by atoms with Gasteiger partial charge in [0.05, 0.1) is 5.41 Å². The summed E-state index contributed by atoms with van der Waals surface area (Å²) in [6.45, 7) is 5.80. The molecular weight excluding hydrogens is 266 g/mol. The Balaban J connectivity index is 2.61. The summed E-state index contributed by atoms with van der Waals surface area (Å²) in [5.74, 6) is -1.14. The molecule has 2 N–H and O–H groups in total. The van der Waals surface area contributed by atoms with E-state index in [4.69, 9.17) is 0 Å². The van der Waals surface area contributed by atoms with Crippen LogP contribution < -0.4 is 5.32 Å². The van der Waals surface area contributed by atoms with Crippen LogP contribution in [0.15, 0.2) is 30.3 Å². The summed E-state index contributed by atoms with van der Waals surface area (Å²) in [5, 5.41) is 12.0. The number of aryl methyl sites for hydroxylation is 1. The van der Waals surface area contributed by atoms with Gasteiger partial charge in [-0.15, -0.1) is 0 Å². The summed E-state index contributed by atoms with van der Waals surface area (Å²) in [6, 6.07) is 7.81. The van der Waals surface area contributed by atoms with Crippen LogP contribution in [0.1, 0.15) is 37.8 Å². The highest BCUT2D eigenvalue weighted by atomic mass is 16.4. The molecule has 0 aliphatic heterocycles. The number of hydrogen-bond acceptors (Lipinski definition) is 2. The number of hydrogen-bond donors (Lipinski definition) is 2. The Morgan fingerprint density at radius 3 is 2.24 bits per heavy atom. The fourth-order valence-corrected chi connectivity index (χ4v) is 2.04. The van der Waals surface area contributed by atoms with E-state index >= 15 is 0 Å². The molecule has 4 heteroatoms. The number of rotatable bonds is 7. The van der Waals surface area contributed by atoms with E-state index in [0.717, 1.165) is 11.1 Å². The number of nitrogens with one attached hydrogen (secondary N) is 1. The van der Waals surface area contributed by atoms with Crippen LogP contribution in [-0.4, -0.2) is 23.5 Å². The maximum absolute atomic E-state index is 11.8. The first kappa shape index (κ1) is 17.0. The average Bonchev–Trinajstić information content (AvgIpc) is 2.48. The third-order valence-corrected chi connectivity index (χ3v) is 3.91. The minimum absolute atomic E-state index is 0.145. The molecule has 0 aliphatic carbocycles. The quantitative estimate of drug-likeness (QED) is 0.758. The molecule has 1 amide bonds. The van der Waals surface area contributed by atoms with E-state index in [1.165, 1.54) is 6.08 Å². The van der Waals surface area contributed by atoms with E-state index in [2.05, 4.69) is 5.32 Å². The van der Waals surface area contributed by atoms with Crippen LogP contribution >= 0.6 is 0 Å². The lowest BCUT2D eigenvalue weighted by atomic mass is 9.82. The van der Waals surface area contributed by atoms with Gasteiger partial charge in [0.25, 0.3) is 0 Å². The monoisotopic (exact) mass is 289 g/mol. The van der Waals surface area contributed by atoms with Gasteiger partial charge in [0.2, 0.25) is 5.91 Å². The van der Waals surface area contributed by atoms with Crippen LogP contribution in [0.2, 0.25) is 0 Å². The predicted molar refractivity (Wildman–Crippen MR) is 83.9 cm³/mol. The number of carbonyl (C=O) groups excluding carboxylic acids is 1. The summed E-state index contributed by atoms with van der Waals surface area (Å²) in [7, 11) is 0. The second-order valence-electron chi connectivity index (χ2n) is 5.25. The average molecular weight is 289 g/mol. The van der Waals surface area contributed by atoms with E-state index in [1.807, 2.05) is 45.0 Å². The highest BCUT2D eigenvalue weighted by molar-refractivity contribution is 5.92. The molecule has 0 aliphatic rings. The van der Waals surface area contributed by atoms with Gasteiger partial charge in [0.1, 0.15) is 0 Å². The molecule has 0 fully saturated rings. The van der Waals surface area contributed by atoms with Crippen LogP contribution in [0.4, 0.5) is 0 Å². The van der Waals surface area contributed by atoms with Crippen molar-refractivity contribution >= 4 is 18.0 Å². The smallest absolute Gasteiger partial charge is 0.311 e. The molecule has 0 saturated heterocycles. The molecule has 0 atom stereocenters. The first-order valence-electron chi connectivity index (χ1n) is 7.19. The van der Waals surface area contributed by atoms with Crippen molar-refractivity contribution in [2.75, 3.05) is 6.54 Å². The Hall–Kier alpha value is -2.10. The van der Waals surface area contributed by atoms with Crippen LogP contribution in [-0.2, 0) is 9.59 Å². The van der Waals surface area contributed by atoms with E-state index in [9.17, 15) is 14.7 Å². The minimum atomic E-state index is -0.882. The Labute approximate surface area is 125 Å². The number of amides is 1. The van der Waals surface area contributed by atoms with Gasteiger partial charge in [-0.3, -0.25) is 9.59 Å². The summed E-state index contributed by atoms with van der Waals surface area (Å²) >= 11 is 0. The summed E-state index contributed by atoms with van der Waals surface area (Å²) < 4.78 is 0. The molecule has 1 aromatic rings. The molecule has 0 aromatic heterocycles. The molecule has 0 unspecified atom stereocenters. The van der Waals surface area contributed by atoms with E-state index < -0.39 is 11.4 Å². The number of aliphatic carboxylic acids is 1. The zero-order valence-corrected chi connectivity index (χ0v) is 12.8. The third-order valence-electron chi connectivity index (χ3n) is 3.91. The second kappa shape index (κ2) is 7.62. The summed E-state index contributed by atoms with van der Waals surface area (Å²) in [6.07, 6.45) is 4.12. The Morgan fingerprint density at radius 2 is 1.76 bits per heavy atom. The van der Waals surface area contributed by atoms with Crippen LogP contribution in [0.25, 0.3) is 6.08 Å². The lowest BCUT2D eigenvalue weighted by molar-refractivity contribution is -0.149. The molecule has 0 radical (unpaired) electrons. The molecule has 1 aromatic carbocycles. The largest absolute Gasteiger partial charge is 0.481 e. The third kappa shape index (κ3) is 4.74. The van der Waals surface area contributed by atoms with Gasteiger partial charge in [-0.2, -0.15) is 0 Å². The molecule has 0 saturated carbocycles. The molecule has 0 bridgehead atoms. The second-order valence-corrected chi connectivity index (χ2v) is 5.25. The maximum atomic E-state index is 11.8. The normalized spacial score (nSPS) is 11.6. The summed E-state index contributed by atoms with van der Waals surface area (Å²) in [5.41, 5.74) is 1.22. The molecule has 0 spiro atoms. The Morgan fingerprint density at radius 1 is 1.19 bits per heavy atom. The van der Waals surface area contributed by atoms with Gasteiger partial charge in [-0.25, -0.2) is 0 Å². The molecule has 4 nitrogen and oxygen atoms in total. The number of carboxylic acid groups (broad SMARTS) is 1. The fraction of sp³-hybridized carbons (Fsp3) is 0.412. The molecule has 21 heavy (non-hydrogen) atoms. The van der Waals surface area contributed by atoms with Crippen LogP contribution in [0, 0.1) is 12.3 Å². The topological polar surface area (TPSA) is 66.4 Å². The summed E-state index contributed by atoms with van der Waals surface area (Å²) in [4.78, 5) is 23.1. The van der Waals surface area contributed by atoms with Crippen LogP contribution in [0.5, 0.6) is 0 Å². The van der Waals surface area contributed by atoms with E-state index in [-0.39, 0.29) is 12.5 Å². The van der Waals surface area contributed by atoms with Crippen molar-refractivity contribution < 1.29 is 14.7 Å². The zero-order chi connectivity index (χ0) is 15.9. The van der Waals surface area contributed by atoms with Gasteiger partial charge < -0.3 is 10.4 Å². The first-order valence-corrected chi connectivity index (χ1v) is 7.19. The lowest BCUT2D eigenvalue weighted by Gasteiger charge is -2.26. The van der Waals surface area contributed by atoms with Crippen molar-refractivity contribution in [1.29, 1.82) is 0 Å². The van der Waals surface area contributed by atoms with E-state index in [0.29, 0.717) is 12.8 Å². The van der Waals surface area contributed by atoms with Gasteiger partial charge in [0.15, 0.2) is 0 Å². The van der Waals surface area contributed by atoms with Gasteiger partial charge >= 0.3 is 5.97 Å². The Bertz CT molecular complexity index is 513. The first-order chi connectivity index (χ1) is 9.93. The Kier molecular flexibility index (Phi) is 6.15. The number of carbonyl (C=O) groups is 2. The van der Waals surface area contributed by atoms with Gasteiger partial charge in [0, 0.05) is 12.6 Å². The van der Waals surface area contributed by atoms with Crippen molar-refractivity contribution in [3.05, 3.63) is 41.5 Å². The zero-order valence-electron chi connectivity index (χ0n) is 12.8. The maximum Gasteiger partial charge on any atom is 0.311 e. The number of carboxylic acids is 1.